The molecule has 1 saturated carbocycles. The van der Waals surface area contributed by atoms with Gasteiger partial charge in [0.25, 0.3) is 0 Å². The molecule has 14 nitrogen and oxygen atoms in total. The second-order valence-electron chi connectivity index (χ2n) is 16.3. The number of carbonyl (C=O) groups excluding carboxylic acids is 2. The SMILES string of the molecule is O=C1/C=C/C(=O)On2c(=O)c(cc3c([C@@H](O)CNCCc4ccc(CCN5CCC(Cn6cnc(Cc7ccc(O)cc7C7CCCCC7)n6)CC5)cc4)ccc(O)c32)O1. The van der Waals surface area contributed by atoms with Crippen molar-refractivity contribution in [3.8, 4) is 17.2 Å². The van der Waals surface area contributed by atoms with Crippen molar-refractivity contribution in [1.29, 1.82) is 0 Å². The van der Waals surface area contributed by atoms with Crippen molar-refractivity contribution >= 4 is 22.8 Å². The average molecular weight is 817 g/mol. The second-order valence-corrected chi connectivity index (χ2v) is 16.3. The van der Waals surface area contributed by atoms with Gasteiger partial charge in [-0.2, -0.15) is 5.10 Å². The average Bonchev–Trinajstić information content (AvgIpc) is 3.70. The number of ether oxygens (including phenoxy) is 1. The summed E-state index contributed by atoms with van der Waals surface area (Å²) in [7, 11) is 0. The Morgan fingerprint density at radius 2 is 1.60 bits per heavy atom. The van der Waals surface area contributed by atoms with Crippen molar-refractivity contribution < 1.29 is 34.5 Å². The third-order valence-corrected chi connectivity index (χ3v) is 12.1. The van der Waals surface area contributed by atoms with Gasteiger partial charge in [-0.1, -0.05) is 55.7 Å². The fraction of sp³-hybridized carbons (Fsp3) is 0.413. The molecule has 3 aliphatic rings. The first-order valence-corrected chi connectivity index (χ1v) is 21.1. The van der Waals surface area contributed by atoms with Gasteiger partial charge in [0.1, 0.15) is 23.3 Å². The first-order chi connectivity index (χ1) is 29.2. The van der Waals surface area contributed by atoms with Crippen molar-refractivity contribution in [2.45, 2.75) is 82.8 Å². The van der Waals surface area contributed by atoms with Gasteiger partial charge in [-0.3, -0.25) is 9.48 Å². The van der Waals surface area contributed by atoms with Crippen LogP contribution in [-0.2, 0) is 35.4 Å². The van der Waals surface area contributed by atoms with Crippen LogP contribution in [0.4, 0.5) is 0 Å². The number of nitrogens with zero attached hydrogens (tertiary/aromatic N) is 5. The van der Waals surface area contributed by atoms with E-state index in [2.05, 4.69) is 39.5 Å². The minimum atomic E-state index is -1.06. The number of piperidine rings is 1. The summed E-state index contributed by atoms with van der Waals surface area (Å²) in [6.45, 7) is 4.78. The van der Waals surface area contributed by atoms with E-state index in [9.17, 15) is 29.7 Å². The molecule has 2 fully saturated rings. The van der Waals surface area contributed by atoms with Crippen molar-refractivity contribution in [3.05, 3.63) is 123 Å². The van der Waals surface area contributed by atoms with E-state index in [1.165, 1.54) is 67.0 Å². The maximum absolute atomic E-state index is 12.9. The Hall–Kier alpha value is -5.83. The highest BCUT2D eigenvalue weighted by molar-refractivity contribution is 5.95. The predicted octanol–water partition coefficient (Wildman–Crippen LogP) is 4.89. The first kappa shape index (κ1) is 40.9. The maximum atomic E-state index is 12.9. The van der Waals surface area contributed by atoms with E-state index in [1.807, 2.05) is 23.1 Å². The van der Waals surface area contributed by atoms with Gasteiger partial charge in [0.2, 0.25) is 0 Å². The van der Waals surface area contributed by atoms with Crippen LogP contribution in [0.3, 0.4) is 0 Å². The molecule has 2 bridgehead atoms. The summed E-state index contributed by atoms with van der Waals surface area (Å²) in [5.41, 5.74) is 4.21. The van der Waals surface area contributed by atoms with Gasteiger partial charge in [0.05, 0.1) is 6.10 Å². The highest BCUT2D eigenvalue weighted by atomic mass is 16.7. The molecule has 2 aliphatic heterocycles. The summed E-state index contributed by atoms with van der Waals surface area (Å²) in [4.78, 5) is 49.5. The Morgan fingerprint density at radius 3 is 2.38 bits per heavy atom. The molecule has 4 heterocycles. The standard InChI is InChI=1S/C46H52N6O8/c53-35-11-10-34(37(25-35)33-4-2-1-3-5-33)24-42-48-29-51(49-42)28-32-18-22-50(23-19-32)21-17-31-8-6-30(7-9-31)16-20-47-27-40(55)36-12-13-39(54)45-38(36)26-41-46(58)52(45)60-44(57)15-14-43(56)59-41/h6-15,25-26,29,32-33,40,47,53-55H,1-5,16-24,27-28H2/b15-14+/t40-/m0/s1. The third kappa shape index (κ3) is 9.78. The van der Waals surface area contributed by atoms with Gasteiger partial charge in [-0.05, 0) is 122 Å². The topological polar surface area (TPSA) is 181 Å². The lowest BCUT2D eigenvalue weighted by atomic mass is 9.81. The molecule has 0 spiro atoms. The van der Waals surface area contributed by atoms with Crippen LogP contribution in [0, 0.1) is 5.92 Å². The fourth-order valence-corrected chi connectivity index (χ4v) is 8.83. The van der Waals surface area contributed by atoms with E-state index >= 15 is 0 Å². The molecule has 0 radical (unpaired) electrons. The molecule has 14 heteroatoms. The lowest BCUT2D eigenvalue weighted by Gasteiger charge is -2.31. The number of aliphatic hydroxyl groups excluding tert-OH is 1. The summed E-state index contributed by atoms with van der Waals surface area (Å²) in [6, 6.07) is 18.5. The van der Waals surface area contributed by atoms with E-state index in [0.29, 0.717) is 40.8 Å². The normalized spacial score (nSPS) is 17.8. The smallest absolute Gasteiger partial charge is 0.356 e. The van der Waals surface area contributed by atoms with Gasteiger partial charge >= 0.3 is 17.5 Å². The highest BCUT2D eigenvalue weighted by Crippen LogP contribution is 2.37. The first-order valence-electron chi connectivity index (χ1n) is 21.1. The van der Waals surface area contributed by atoms with Crippen LogP contribution in [0.1, 0.15) is 90.6 Å². The minimum absolute atomic E-state index is 0.132. The molecule has 8 rings (SSSR count). The number of aromatic nitrogens is 4. The molecule has 5 aromatic rings. The van der Waals surface area contributed by atoms with Gasteiger partial charge < -0.3 is 35.1 Å². The number of carbonyl (C=O) groups is 2. The second kappa shape index (κ2) is 18.6. The van der Waals surface area contributed by atoms with Crippen LogP contribution in [0.15, 0.2) is 83.9 Å². The van der Waals surface area contributed by atoms with Gasteiger partial charge in [-0.25, -0.2) is 14.6 Å². The van der Waals surface area contributed by atoms with E-state index in [-0.39, 0.29) is 23.2 Å². The van der Waals surface area contributed by atoms with E-state index in [1.54, 1.807) is 6.07 Å². The van der Waals surface area contributed by atoms with Crippen LogP contribution in [0.2, 0.25) is 0 Å². The Kier molecular flexibility index (Phi) is 12.7. The Balaban J connectivity index is 0.768. The van der Waals surface area contributed by atoms with Crippen LogP contribution >= 0.6 is 0 Å². The molecule has 314 valence electrons. The number of hydrogen-bond acceptors (Lipinski definition) is 12. The van der Waals surface area contributed by atoms with E-state index in [4.69, 9.17) is 14.7 Å². The van der Waals surface area contributed by atoms with E-state index < -0.39 is 29.4 Å². The van der Waals surface area contributed by atoms with Gasteiger partial charge in [0.15, 0.2) is 11.6 Å². The molecule has 60 heavy (non-hydrogen) atoms. The number of phenolic OH excluding ortho intramolecular Hbond substituents is 2. The molecule has 2 aromatic heterocycles. The number of phenols is 2. The number of esters is 1. The number of benzene rings is 3. The maximum Gasteiger partial charge on any atom is 0.356 e. The lowest BCUT2D eigenvalue weighted by molar-refractivity contribution is -0.138. The zero-order valence-corrected chi connectivity index (χ0v) is 33.7. The van der Waals surface area contributed by atoms with Crippen LogP contribution in [0.25, 0.3) is 10.9 Å². The number of likely N-dealkylation sites (tertiary alicyclic amines) is 1. The summed E-state index contributed by atoms with van der Waals surface area (Å²) in [5.74, 6) is -0.451. The fourth-order valence-electron chi connectivity index (χ4n) is 8.83. The minimum Gasteiger partial charge on any atom is -0.508 e. The summed E-state index contributed by atoms with van der Waals surface area (Å²) in [5, 5.41) is 40.3. The highest BCUT2D eigenvalue weighted by Gasteiger charge is 2.25. The number of aromatic hydroxyl groups is 2. The Morgan fingerprint density at radius 1 is 0.850 bits per heavy atom. The van der Waals surface area contributed by atoms with Crippen molar-refractivity contribution in [3.63, 3.8) is 0 Å². The monoisotopic (exact) mass is 816 g/mol. The number of pyridine rings is 1. The van der Waals surface area contributed by atoms with Crippen molar-refractivity contribution in [2.75, 3.05) is 32.7 Å². The van der Waals surface area contributed by atoms with Crippen molar-refractivity contribution in [2.24, 2.45) is 5.92 Å². The zero-order chi connectivity index (χ0) is 41.6. The number of fused-ring (bicyclic) bond motifs is 4. The lowest BCUT2D eigenvalue weighted by Crippen LogP contribution is -2.36. The number of rotatable bonds is 14. The van der Waals surface area contributed by atoms with Gasteiger partial charge in [-0.15, -0.1) is 4.73 Å². The quantitative estimate of drug-likeness (QED) is 0.0882. The zero-order valence-electron chi connectivity index (χ0n) is 33.7. The number of nitrogens with one attached hydrogen (secondary N) is 1. The van der Waals surface area contributed by atoms with Crippen LogP contribution in [0.5, 0.6) is 17.2 Å². The summed E-state index contributed by atoms with van der Waals surface area (Å²) in [6.07, 6.45) is 13.3. The van der Waals surface area contributed by atoms with Gasteiger partial charge in [0, 0.05) is 43.6 Å². The molecule has 1 saturated heterocycles. The molecule has 1 atom stereocenters. The number of aliphatic hydroxyl groups is 1. The Bertz CT molecular complexity index is 2410. The van der Waals surface area contributed by atoms with Crippen LogP contribution < -0.4 is 20.5 Å². The molecular formula is C46H52N6O8. The van der Waals surface area contributed by atoms with E-state index in [0.717, 1.165) is 75.4 Å². The molecule has 1 aliphatic carbocycles. The summed E-state index contributed by atoms with van der Waals surface area (Å²) >= 11 is 0. The number of hydrogen-bond donors (Lipinski definition) is 4. The summed E-state index contributed by atoms with van der Waals surface area (Å²) < 4.78 is 7.70. The Labute approximate surface area is 348 Å². The predicted molar refractivity (Wildman–Crippen MR) is 224 cm³/mol. The molecule has 3 aromatic carbocycles. The molecular weight excluding hydrogens is 765 g/mol. The third-order valence-electron chi connectivity index (χ3n) is 12.1. The molecule has 4 N–H and O–H groups in total. The van der Waals surface area contributed by atoms with Crippen LogP contribution in [-0.4, -0.2) is 84.4 Å². The van der Waals surface area contributed by atoms with Crippen molar-refractivity contribution in [1.82, 2.24) is 29.7 Å². The molecule has 0 amide bonds. The molecule has 0 unspecified atom stereocenters. The largest absolute Gasteiger partial charge is 0.508 e.